The topological polar surface area (TPSA) is 43.4 Å². The van der Waals surface area contributed by atoms with Gasteiger partial charge in [-0.1, -0.05) is 6.07 Å². The Bertz CT molecular complexity index is 381. The fraction of sp³-hybridized carbons (Fsp3) is 0.200. The van der Waals surface area contributed by atoms with E-state index in [2.05, 4.69) is 16.6 Å². The van der Waals surface area contributed by atoms with Gasteiger partial charge in [-0.2, -0.15) is 0 Å². The molecule has 3 nitrogen and oxygen atoms in total. The first kappa shape index (κ1) is 10.5. The molecule has 1 aromatic heterocycles. The normalized spacial score (nSPS) is 8.64. The number of thiophene rings is 1. The minimum Gasteiger partial charge on any atom is -0.459 e. The highest BCUT2D eigenvalue weighted by molar-refractivity contribution is 7.10. The predicted octanol–water partition coefficient (Wildman–Crippen LogP) is 1.23. The van der Waals surface area contributed by atoms with Crippen molar-refractivity contribution in [1.29, 1.82) is 0 Å². The lowest BCUT2D eigenvalue weighted by molar-refractivity contribution is -0.150. The van der Waals surface area contributed by atoms with Crippen LogP contribution in [0.5, 0.6) is 0 Å². The zero-order chi connectivity index (χ0) is 10.4. The van der Waals surface area contributed by atoms with Gasteiger partial charge in [0.2, 0.25) is 0 Å². The summed E-state index contributed by atoms with van der Waals surface area (Å²) in [6.07, 6.45) is 0. The quantitative estimate of drug-likeness (QED) is 0.417. The highest BCUT2D eigenvalue weighted by Gasteiger charge is 2.10. The molecular formula is C10H8O3S. The molecule has 0 unspecified atom stereocenters. The Morgan fingerprint density at radius 1 is 1.57 bits per heavy atom. The van der Waals surface area contributed by atoms with E-state index in [-0.39, 0.29) is 6.61 Å². The van der Waals surface area contributed by atoms with E-state index in [1.54, 1.807) is 13.0 Å². The number of Topliss-reactive ketones (excluding diaryl/α,β-unsaturated/α-hetero) is 1. The van der Waals surface area contributed by atoms with Crippen LogP contribution in [0.15, 0.2) is 17.5 Å². The summed E-state index contributed by atoms with van der Waals surface area (Å²) >= 11 is 1.41. The van der Waals surface area contributed by atoms with Crippen LogP contribution in [0.25, 0.3) is 0 Å². The average molecular weight is 208 g/mol. The van der Waals surface area contributed by atoms with Crippen molar-refractivity contribution in [2.24, 2.45) is 0 Å². The lowest BCUT2D eigenvalue weighted by atomic mass is 10.4. The van der Waals surface area contributed by atoms with Crippen LogP contribution >= 0.6 is 11.3 Å². The molecule has 0 spiro atoms. The molecule has 1 aromatic rings. The van der Waals surface area contributed by atoms with Crippen LogP contribution in [0.1, 0.15) is 11.8 Å². The fourth-order valence-corrected chi connectivity index (χ4v) is 1.29. The van der Waals surface area contributed by atoms with Gasteiger partial charge in [0.05, 0.1) is 11.5 Å². The molecule has 0 aliphatic heterocycles. The number of hydrogen-bond acceptors (Lipinski definition) is 4. The van der Waals surface area contributed by atoms with Gasteiger partial charge >= 0.3 is 11.8 Å². The van der Waals surface area contributed by atoms with Crippen molar-refractivity contribution in [3.05, 3.63) is 22.4 Å². The third-order valence-electron chi connectivity index (χ3n) is 1.28. The minimum absolute atomic E-state index is 0.186. The standard InChI is InChI=1S/C10H8O3S/c1-2-13-10(12)9(11)6-5-8-4-3-7-14-8/h3-4,7H,2H2,1H3. The number of carbonyl (C=O) groups excluding carboxylic acids is 2. The second kappa shape index (κ2) is 5.20. The van der Waals surface area contributed by atoms with Gasteiger partial charge < -0.3 is 4.74 Å². The van der Waals surface area contributed by atoms with Crippen molar-refractivity contribution in [1.82, 2.24) is 0 Å². The van der Waals surface area contributed by atoms with E-state index >= 15 is 0 Å². The largest absolute Gasteiger partial charge is 0.459 e. The Labute approximate surface area is 85.7 Å². The maximum atomic E-state index is 11.0. The van der Waals surface area contributed by atoms with Crippen LogP contribution in [0.3, 0.4) is 0 Å². The van der Waals surface area contributed by atoms with Gasteiger partial charge in [-0.15, -0.1) is 11.3 Å². The second-order valence-corrected chi connectivity index (χ2v) is 3.22. The summed E-state index contributed by atoms with van der Waals surface area (Å²) in [5.74, 6) is 3.10. The molecule has 0 aromatic carbocycles. The summed E-state index contributed by atoms with van der Waals surface area (Å²) in [5.41, 5.74) is 0. The molecule has 0 aliphatic rings. The Morgan fingerprint density at radius 3 is 2.93 bits per heavy atom. The number of esters is 1. The van der Waals surface area contributed by atoms with E-state index in [9.17, 15) is 9.59 Å². The Balaban J connectivity index is 2.60. The molecule has 0 saturated heterocycles. The van der Waals surface area contributed by atoms with Gasteiger partial charge in [0.1, 0.15) is 0 Å². The van der Waals surface area contributed by atoms with E-state index in [1.165, 1.54) is 11.3 Å². The molecule has 14 heavy (non-hydrogen) atoms. The van der Waals surface area contributed by atoms with Crippen molar-refractivity contribution >= 4 is 23.1 Å². The Morgan fingerprint density at radius 2 is 2.36 bits per heavy atom. The lowest BCUT2D eigenvalue weighted by Gasteiger charge is -1.93. The predicted molar refractivity (Wildman–Crippen MR) is 52.8 cm³/mol. The first-order valence-corrected chi connectivity index (χ1v) is 4.88. The molecule has 0 N–H and O–H groups in total. The highest BCUT2D eigenvalue weighted by atomic mass is 32.1. The van der Waals surface area contributed by atoms with Gasteiger partial charge in [-0.25, -0.2) is 4.79 Å². The van der Waals surface area contributed by atoms with Gasteiger partial charge in [0, 0.05) is 0 Å². The number of hydrogen-bond donors (Lipinski definition) is 0. The number of rotatable bonds is 2. The smallest absolute Gasteiger partial charge is 0.388 e. The van der Waals surface area contributed by atoms with Crippen LogP contribution in [-0.4, -0.2) is 18.4 Å². The molecule has 0 atom stereocenters. The van der Waals surface area contributed by atoms with Gasteiger partial charge in [0.25, 0.3) is 0 Å². The van der Waals surface area contributed by atoms with Crippen molar-refractivity contribution in [2.75, 3.05) is 6.61 Å². The van der Waals surface area contributed by atoms with Crippen LogP contribution in [0, 0.1) is 11.8 Å². The molecule has 0 fully saturated rings. The van der Waals surface area contributed by atoms with Crippen LogP contribution < -0.4 is 0 Å². The van der Waals surface area contributed by atoms with Crippen LogP contribution in [0.2, 0.25) is 0 Å². The van der Waals surface area contributed by atoms with E-state index in [0.717, 1.165) is 4.88 Å². The van der Waals surface area contributed by atoms with Crippen molar-refractivity contribution in [2.45, 2.75) is 6.92 Å². The second-order valence-electron chi connectivity index (χ2n) is 2.28. The lowest BCUT2D eigenvalue weighted by Crippen LogP contribution is -2.14. The average Bonchev–Trinajstić information content (AvgIpc) is 2.67. The first-order chi connectivity index (χ1) is 6.74. The maximum absolute atomic E-state index is 11.0. The highest BCUT2D eigenvalue weighted by Crippen LogP contribution is 2.05. The van der Waals surface area contributed by atoms with Crippen LogP contribution in [-0.2, 0) is 14.3 Å². The van der Waals surface area contributed by atoms with E-state index in [0.29, 0.717) is 0 Å². The molecule has 4 heteroatoms. The third kappa shape index (κ3) is 3.04. The van der Waals surface area contributed by atoms with Crippen molar-refractivity contribution in [3.63, 3.8) is 0 Å². The third-order valence-corrected chi connectivity index (χ3v) is 2.07. The summed E-state index contributed by atoms with van der Waals surface area (Å²) in [5, 5.41) is 1.85. The van der Waals surface area contributed by atoms with E-state index < -0.39 is 11.8 Å². The molecule has 0 bridgehead atoms. The monoisotopic (exact) mass is 208 g/mol. The molecule has 0 amide bonds. The van der Waals surface area contributed by atoms with Crippen molar-refractivity contribution < 1.29 is 14.3 Å². The molecule has 1 rings (SSSR count). The zero-order valence-corrected chi connectivity index (χ0v) is 8.39. The zero-order valence-electron chi connectivity index (χ0n) is 7.57. The van der Waals surface area contributed by atoms with Gasteiger partial charge in [-0.3, -0.25) is 4.79 Å². The maximum Gasteiger partial charge on any atom is 0.388 e. The van der Waals surface area contributed by atoms with Crippen LogP contribution in [0.4, 0.5) is 0 Å². The van der Waals surface area contributed by atoms with Crippen molar-refractivity contribution in [3.8, 4) is 11.8 Å². The summed E-state index contributed by atoms with van der Waals surface area (Å²) in [6.45, 7) is 1.82. The van der Waals surface area contributed by atoms with Gasteiger partial charge in [-0.05, 0) is 30.2 Å². The molecule has 72 valence electrons. The first-order valence-electron chi connectivity index (χ1n) is 4.00. The molecule has 0 aliphatic carbocycles. The summed E-state index contributed by atoms with van der Waals surface area (Å²) < 4.78 is 4.49. The SMILES string of the molecule is CCOC(=O)C(=O)C#Cc1cccs1. The minimum atomic E-state index is -0.892. The van der Waals surface area contributed by atoms with Gasteiger partial charge in [0.15, 0.2) is 0 Å². The number of ether oxygens (including phenoxy) is 1. The van der Waals surface area contributed by atoms with E-state index in [1.807, 2.05) is 11.4 Å². The summed E-state index contributed by atoms with van der Waals surface area (Å²) in [7, 11) is 0. The number of ketones is 1. The summed E-state index contributed by atoms with van der Waals surface area (Å²) in [6, 6.07) is 3.60. The Hall–Kier alpha value is -1.60. The molecular weight excluding hydrogens is 200 g/mol. The number of carbonyl (C=O) groups is 2. The fourth-order valence-electron chi connectivity index (χ4n) is 0.716. The molecule has 1 heterocycles. The Kier molecular flexibility index (Phi) is 3.89. The molecule has 0 saturated carbocycles. The molecule has 0 radical (unpaired) electrons. The summed E-state index contributed by atoms with van der Waals surface area (Å²) in [4.78, 5) is 22.6. The van der Waals surface area contributed by atoms with E-state index in [4.69, 9.17) is 0 Å².